The molecule has 0 aliphatic heterocycles. The molecule has 0 aliphatic carbocycles. The van der Waals surface area contributed by atoms with Gasteiger partial charge >= 0.3 is 0 Å². The fraction of sp³-hybridized carbons (Fsp3) is 0. The van der Waals surface area contributed by atoms with Gasteiger partial charge in [-0.25, -0.2) is 4.98 Å². The van der Waals surface area contributed by atoms with Crippen LogP contribution in [0.15, 0.2) is 72.0 Å². The minimum Gasteiger partial charge on any atom is -0.399 e. The summed E-state index contributed by atoms with van der Waals surface area (Å²) < 4.78 is 0. The van der Waals surface area contributed by atoms with Crippen LogP contribution in [0, 0.1) is 10.1 Å². The summed E-state index contributed by atoms with van der Waals surface area (Å²) in [5, 5.41) is 15.1. The largest absolute Gasteiger partial charge is 0.399 e. The minimum absolute atomic E-state index is 0.0863. The molecule has 0 saturated carbocycles. The molecule has 130 valence electrons. The lowest BCUT2D eigenvalue weighted by Gasteiger charge is -2.09. The number of benzene rings is 2. The standard InChI is InChI=1S/C18H16N6O2/c19-14-5-1-12(2-6-14)18(13-3-7-15(20)8-4-13)23-22-17-10-9-16(11-21-17)24(25)26/h1-11H,19-20H2,(H,21,22). The van der Waals surface area contributed by atoms with Crippen LogP contribution in [0.1, 0.15) is 11.1 Å². The van der Waals surface area contributed by atoms with Crippen LogP contribution in [-0.4, -0.2) is 15.6 Å². The van der Waals surface area contributed by atoms with Gasteiger partial charge in [-0.15, -0.1) is 0 Å². The van der Waals surface area contributed by atoms with Crippen LogP contribution >= 0.6 is 0 Å². The number of anilines is 3. The number of nitrogens with one attached hydrogen (secondary N) is 1. The number of aromatic nitrogens is 1. The van der Waals surface area contributed by atoms with E-state index in [1.807, 2.05) is 24.3 Å². The Labute approximate surface area is 149 Å². The van der Waals surface area contributed by atoms with Gasteiger partial charge < -0.3 is 11.5 Å². The van der Waals surface area contributed by atoms with E-state index in [9.17, 15) is 10.1 Å². The maximum absolute atomic E-state index is 10.7. The van der Waals surface area contributed by atoms with Gasteiger partial charge in [-0.2, -0.15) is 5.10 Å². The van der Waals surface area contributed by atoms with Gasteiger partial charge in [0.25, 0.3) is 5.69 Å². The maximum Gasteiger partial charge on any atom is 0.287 e. The topological polar surface area (TPSA) is 132 Å². The summed E-state index contributed by atoms with van der Waals surface area (Å²) in [5.74, 6) is 0.388. The van der Waals surface area contributed by atoms with Crippen LogP contribution in [0.3, 0.4) is 0 Å². The Morgan fingerprint density at radius 1 is 0.923 bits per heavy atom. The maximum atomic E-state index is 10.7. The third kappa shape index (κ3) is 3.93. The zero-order valence-corrected chi connectivity index (χ0v) is 13.7. The lowest BCUT2D eigenvalue weighted by Crippen LogP contribution is -2.07. The lowest BCUT2D eigenvalue weighted by molar-refractivity contribution is -0.385. The quantitative estimate of drug-likeness (QED) is 0.281. The van der Waals surface area contributed by atoms with Crippen molar-refractivity contribution in [2.75, 3.05) is 16.9 Å². The van der Waals surface area contributed by atoms with E-state index in [2.05, 4.69) is 15.5 Å². The Hall–Kier alpha value is -3.94. The van der Waals surface area contributed by atoms with Crippen molar-refractivity contribution >= 4 is 28.6 Å². The Bertz CT molecular complexity index is 887. The predicted octanol–water partition coefficient (Wildman–Crippen LogP) is 3.02. The summed E-state index contributed by atoms with van der Waals surface area (Å²) in [7, 11) is 0. The molecule has 0 fully saturated rings. The molecule has 5 N–H and O–H groups in total. The Morgan fingerprint density at radius 2 is 1.46 bits per heavy atom. The monoisotopic (exact) mass is 348 g/mol. The third-order valence-electron chi connectivity index (χ3n) is 3.61. The summed E-state index contributed by atoms with van der Waals surface area (Å²) in [4.78, 5) is 14.2. The number of nitrogen functional groups attached to an aromatic ring is 2. The van der Waals surface area contributed by atoms with Gasteiger partial charge in [0.2, 0.25) is 0 Å². The van der Waals surface area contributed by atoms with Crippen molar-refractivity contribution in [2.24, 2.45) is 5.10 Å². The van der Waals surface area contributed by atoms with Crippen LogP contribution in [0.25, 0.3) is 0 Å². The second-order valence-electron chi connectivity index (χ2n) is 5.47. The lowest BCUT2D eigenvalue weighted by atomic mass is 10.0. The normalized spacial score (nSPS) is 10.2. The highest BCUT2D eigenvalue weighted by atomic mass is 16.6. The Morgan fingerprint density at radius 3 is 1.88 bits per heavy atom. The molecule has 0 radical (unpaired) electrons. The first-order chi connectivity index (χ1) is 12.5. The average molecular weight is 348 g/mol. The zero-order valence-electron chi connectivity index (χ0n) is 13.7. The van der Waals surface area contributed by atoms with E-state index in [1.165, 1.54) is 18.3 Å². The molecule has 2 aromatic carbocycles. The fourth-order valence-electron chi connectivity index (χ4n) is 2.25. The van der Waals surface area contributed by atoms with Crippen LogP contribution < -0.4 is 16.9 Å². The molecule has 3 rings (SSSR count). The van der Waals surface area contributed by atoms with Crippen molar-refractivity contribution in [3.8, 4) is 0 Å². The van der Waals surface area contributed by atoms with Crippen molar-refractivity contribution in [3.63, 3.8) is 0 Å². The van der Waals surface area contributed by atoms with Gasteiger partial charge in [-0.05, 0) is 30.3 Å². The van der Waals surface area contributed by atoms with E-state index in [1.54, 1.807) is 24.3 Å². The molecule has 1 heterocycles. The van der Waals surface area contributed by atoms with Gasteiger partial charge in [-0.3, -0.25) is 15.5 Å². The smallest absolute Gasteiger partial charge is 0.287 e. The number of nitrogens with two attached hydrogens (primary N) is 2. The predicted molar refractivity (Wildman–Crippen MR) is 102 cm³/mol. The van der Waals surface area contributed by atoms with Crippen molar-refractivity contribution < 1.29 is 4.92 Å². The number of rotatable bonds is 5. The molecule has 8 nitrogen and oxygen atoms in total. The molecule has 0 amide bonds. The van der Waals surface area contributed by atoms with Gasteiger partial charge in [0.05, 0.1) is 10.6 Å². The number of nitrogens with zero attached hydrogens (tertiary/aromatic N) is 3. The van der Waals surface area contributed by atoms with E-state index in [-0.39, 0.29) is 5.69 Å². The van der Waals surface area contributed by atoms with Gasteiger partial charge in [0.15, 0.2) is 0 Å². The van der Waals surface area contributed by atoms with E-state index < -0.39 is 4.92 Å². The zero-order chi connectivity index (χ0) is 18.5. The molecule has 0 atom stereocenters. The molecule has 0 saturated heterocycles. The molecule has 0 unspecified atom stereocenters. The number of hydrogen-bond acceptors (Lipinski definition) is 7. The highest BCUT2D eigenvalue weighted by Crippen LogP contribution is 2.16. The highest BCUT2D eigenvalue weighted by molar-refractivity contribution is 6.13. The van der Waals surface area contributed by atoms with Crippen LogP contribution in [-0.2, 0) is 0 Å². The summed E-state index contributed by atoms with van der Waals surface area (Å²) in [6, 6.07) is 17.4. The van der Waals surface area contributed by atoms with Gasteiger partial charge in [-0.1, -0.05) is 24.3 Å². The molecular weight excluding hydrogens is 332 g/mol. The van der Waals surface area contributed by atoms with Crippen LogP contribution in [0.5, 0.6) is 0 Å². The molecule has 0 aliphatic rings. The Kier molecular flexibility index (Phi) is 4.75. The second-order valence-corrected chi connectivity index (χ2v) is 5.47. The Balaban J connectivity index is 1.94. The summed E-state index contributed by atoms with van der Waals surface area (Å²) in [6.45, 7) is 0. The highest BCUT2D eigenvalue weighted by Gasteiger charge is 2.09. The van der Waals surface area contributed by atoms with E-state index >= 15 is 0 Å². The van der Waals surface area contributed by atoms with Crippen molar-refractivity contribution in [1.29, 1.82) is 0 Å². The summed E-state index contributed by atoms with van der Waals surface area (Å²) in [6.07, 6.45) is 1.17. The first-order valence-electron chi connectivity index (χ1n) is 7.69. The second kappa shape index (κ2) is 7.31. The number of hydrogen-bond donors (Lipinski definition) is 3. The van der Waals surface area contributed by atoms with Crippen molar-refractivity contribution in [2.45, 2.75) is 0 Å². The minimum atomic E-state index is -0.506. The number of pyridine rings is 1. The molecule has 26 heavy (non-hydrogen) atoms. The molecule has 3 aromatic rings. The van der Waals surface area contributed by atoms with Crippen LogP contribution in [0.2, 0.25) is 0 Å². The summed E-state index contributed by atoms with van der Waals surface area (Å²) >= 11 is 0. The van der Waals surface area contributed by atoms with E-state index in [4.69, 9.17) is 11.5 Å². The summed E-state index contributed by atoms with van der Waals surface area (Å²) in [5.41, 5.74) is 17.9. The van der Waals surface area contributed by atoms with Crippen molar-refractivity contribution in [1.82, 2.24) is 4.98 Å². The third-order valence-corrected chi connectivity index (χ3v) is 3.61. The van der Waals surface area contributed by atoms with Gasteiger partial charge in [0.1, 0.15) is 12.0 Å². The number of hydrazone groups is 1. The first-order valence-corrected chi connectivity index (χ1v) is 7.69. The molecule has 0 bridgehead atoms. The molecular formula is C18H16N6O2. The SMILES string of the molecule is Nc1ccc(C(=NNc2ccc([N+](=O)[O-])cn2)c2ccc(N)cc2)cc1. The van der Waals surface area contributed by atoms with Crippen LogP contribution in [0.4, 0.5) is 22.9 Å². The molecule has 1 aromatic heterocycles. The fourth-order valence-corrected chi connectivity index (χ4v) is 2.25. The average Bonchev–Trinajstić information content (AvgIpc) is 2.65. The van der Waals surface area contributed by atoms with Crippen molar-refractivity contribution in [3.05, 3.63) is 88.1 Å². The molecule has 0 spiro atoms. The first kappa shape index (κ1) is 16.9. The number of nitro groups is 1. The van der Waals surface area contributed by atoms with E-state index in [0.29, 0.717) is 22.9 Å². The van der Waals surface area contributed by atoms with E-state index in [0.717, 1.165) is 11.1 Å². The van der Waals surface area contributed by atoms with Gasteiger partial charge in [0, 0.05) is 28.6 Å². The molecule has 8 heteroatoms.